The maximum atomic E-state index is 11.3. The van der Waals surface area contributed by atoms with Gasteiger partial charge >= 0.3 is 0 Å². The van der Waals surface area contributed by atoms with Crippen LogP contribution in [0.2, 0.25) is 0 Å². The van der Waals surface area contributed by atoms with Gasteiger partial charge < -0.3 is 14.8 Å². The van der Waals surface area contributed by atoms with Crippen LogP contribution >= 0.6 is 11.6 Å². The zero-order valence-corrected chi connectivity index (χ0v) is 11.0. The van der Waals surface area contributed by atoms with Crippen LogP contribution < -0.4 is 14.8 Å². The summed E-state index contributed by atoms with van der Waals surface area (Å²) in [5.74, 6) is 1.41. The third-order valence-corrected chi connectivity index (χ3v) is 2.88. The summed E-state index contributed by atoms with van der Waals surface area (Å²) in [6, 6.07) is 5.82. The highest BCUT2D eigenvalue weighted by Crippen LogP contribution is 2.30. The van der Waals surface area contributed by atoms with Crippen molar-refractivity contribution in [1.82, 2.24) is 5.32 Å². The summed E-state index contributed by atoms with van der Waals surface area (Å²) in [5.41, 5.74) is 1.10. The molecule has 0 bridgehead atoms. The molecular weight excluding hydrogens is 254 g/mol. The highest BCUT2D eigenvalue weighted by atomic mass is 35.5. The van der Waals surface area contributed by atoms with Crippen molar-refractivity contribution in [2.24, 2.45) is 0 Å². The Bertz CT molecular complexity index is 434. The molecule has 1 aromatic rings. The number of hydrogen-bond donors (Lipinski definition) is 1. The monoisotopic (exact) mass is 269 g/mol. The summed E-state index contributed by atoms with van der Waals surface area (Å²) in [4.78, 5) is 11.3. The zero-order chi connectivity index (χ0) is 13.0. The second-order valence-corrected chi connectivity index (χ2v) is 4.79. The molecule has 1 heterocycles. The van der Waals surface area contributed by atoms with E-state index in [4.69, 9.17) is 21.1 Å². The SMILES string of the molecule is CC(Cl)C(=O)NCCc1ccc2c(c1)OCCO2. The van der Waals surface area contributed by atoms with Crippen LogP contribution in [-0.4, -0.2) is 31.0 Å². The molecule has 98 valence electrons. The minimum Gasteiger partial charge on any atom is -0.486 e. The molecule has 1 atom stereocenters. The number of ether oxygens (including phenoxy) is 2. The number of alkyl halides is 1. The van der Waals surface area contributed by atoms with E-state index < -0.39 is 5.38 Å². The average Bonchev–Trinajstić information content (AvgIpc) is 2.38. The van der Waals surface area contributed by atoms with E-state index in [0.717, 1.165) is 23.5 Å². The van der Waals surface area contributed by atoms with E-state index in [1.165, 1.54) is 0 Å². The van der Waals surface area contributed by atoms with Gasteiger partial charge in [0.15, 0.2) is 11.5 Å². The Labute approximate surface area is 111 Å². The lowest BCUT2D eigenvalue weighted by Gasteiger charge is -2.18. The van der Waals surface area contributed by atoms with Gasteiger partial charge in [-0.25, -0.2) is 0 Å². The number of benzene rings is 1. The molecule has 0 radical (unpaired) electrons. The van der Waals surface area contributed by atoms with Crippen molar-refractivity contribution in [2.45, 2.75) is 18.7 Å². The van der Waals surface area contributed by atoms with Gasteiger partial charge in [0.25, 0.3) is 0 Å². The van der Waals surface area contributed by atoms with Crippen LogP contribution in [0.1, 0.15) is 12.5 Å². The number of hydrogen-bond acceptors (Lipinski definition) is 3. The number of halogens is 1. The van der Waals surface area contributed by atoms with Crippen molar-refractivity contribution in [3.05, 3.63) is 23.8 Å². The predicted octanol–water partition coefficient (Wildman–Crippen LogP) is 1.74. The number of fused-ring (bicyclic) bond motifs is 1. The van der Waals surface area contributed by atoms with E-state index in [1.54, 1.807) is 6.92 Å². The quantitative estimate of drug-likeness (QED) is 0.847. The summed E-state index contributed by atoms with van der Waals surface area (Å²) >= 11 is 5.66. The molecule has 1 aromatic carbocycles. The summed E-state index contributed by atoms with van der Waals surface area (Å²) < 4.78 is 10.9. The first kappa shape index (κ1) is 13.0. The third-order valence-electron chi connectivity index (χ3n) is 2.68. The Morgan fingerprint density at radius 2 is 2.11 bits per heavy atom. The summed E-state index contributed by atoms with van der Waals surface area (Å²) in [6.07, 6.45) is 0.742. The lowest BCUT2D eigenvalue weighted by molar-refractivity contribution is -0.120. The van der Waals surface area contributed by atoms with E-state index in [-0.39, 0.29) is 5.91 Å². The Balaban J connectivity index is 1.88. The molecule has 0 aromatic heterocycles. The number of rotatable bonds is 4. The number of carbonyl (C=O) groups excluding carboxylic acids is 1. The van der Waals surface area contributed by atoms with E-state index in [9.17, 15) is 4.79 Å². The van der Waals surface area contributed by atoms with E-state index in [2.05, 4.69) is 5.32 Å². The molecule has 0 spiro atoms. The first-order valence-electron chi connectivity index (χ1n) is 5.97. The highest BCUT2D eigenvalue weighted by Gasteiger charge is 2.12. The minimum absolute atomic E-state index is 0.144. The van der Waals surface area contributed by atoms with Gasteiger partial charge in [-0.1, -0.05) is 6.07 Å². The highest BCUT2D eigenvalue weighted by molar-refractivity contribution is 6.30. The fourth-order valence-corrected chi connectivity index (χ4v) is 1.79. The molecule has 1 amide bonds. The molecular formula is C13H16ClNO3. The predicted molar refractivity (Wildman–Crippen MR) is 69.5 cm³/mol. The van der Waals surface area contributed by atoms with E-state index in [1.807, 2.05) is 18.2 Å². The van der Waals surface area contributed by atoms with Crippen LogP contribution in [0, 0.1) is 0 Å². The second kappa shape index (κ2) is 5.96. The molecule has 0 fully saturated rings. The second-order valence-electron chi connectivity index (χ2n) is 4.14. The van der Waals surface area contributed by atoms with Gasteiger partial charge in [0.05, 0.1) is 0 Å². The molecule has 5 heteroatoms. The summed E-state index contributed by atoms with van der Waals surface area (Å²) in [6.45, 7) is 3.39. The van der Waals surface area contributed by atoms with Crippen molar-refractivity contribution in [3.63, 3.8) is 0 Å². The molecule has 0 saturated heterocycles. The Morgan fingerprint density at radius 3 is 2.83 bits per heavy atom. The van der Waals surface area contributed by atoms with Gasteiger partial charge in [-0.05, 0) is 31.0 Å². The van der Waals surface area contributed by atoms with Crippen LogP contribution in [0.25, 0.3) is 0 Å². The van der Waals surface area contributed by atoms with Crippen molar-refractivity contribution in [2.75, 3.05) is 19.8 Å². The standard InChI is InChI=1S/C13H16ClNO3/c1-9(14)13(16)15-5-4-10-2-3-11-12(8-10)18-7-6-17-11/h2-3,8-9H,4-7H2,1H3,(H,15,16). The minimum atomic E-state index is -0.495. The Hall–Kier alpha value is -1.42. The molecule has 1 N–H and O–H groups in total. The maximum absolute atomic E-state index is 11.3. The molecule has 1 aliphatic heterocycles. The number of nitrogens with one attached hydrogen (secondary N) is 1. The fraction of sp³-hybridized carbons (Fsp3) is 0.462. The van der Waals surface area contributed by atoms with Gasteiger partial charge in [0.2, 0.25) is 5.91 Å². The summed E-state index contributed by atoms with van der Waals surface area (Å²) in [5, 5.41) is 2.27. The van der Waals surface area contributed by atoms with Crippen LogP contribution in [0.3, 0.4) is 0 Å². The fourth-order valence-electron chi connectivity index (χ4n) is 1.71. The van der Waals surface area contributed by atoms with Crippen molar-refractivity contribution < 1.29 is 14.3 Å². The molecule has 1 unspecified atom stereocenters. The van der Waals surface area contributed by atoms with Gasteiger partial charge in [0.1, 0.15) is 18.6 Å². The smallest absolute Gasteiger partial charge is 0.237 e. The van der Waals surface area contributed by atoms with Crippen molar-refractivity contribution in [3.8, 4) is 11.5 Å². The maximum Gasteiger partial charge on any atom is 0.237 e. The average molecular weight is 270 g/mol. The first-order chi connectivity index (χ1) is 8.66. The van der Waals surface area contributed by atoms with E-state index in [0.29, 0.717) is 19.8 Å². The number of amides is 1. The normalized spacial score (nSPS) is 15.0. The molecule has 18 heavy (non-hydrogen) atoms. The lowest BCUT2D eigenvalue weighted by Crippen LogP contribution is -2.31. The van der Waals surface area contributed by atoms with Gasteiger partial charge in [0, 0.05) is 6.54 Å². The lowest BCUT2D eigenvalue weighted by atomic mass is 10.1. The van der Waals surface area contributed by atoms with Gasteiger partial charge in [-0.3, -0.25) is 4.79 Å². The Kier molecular flexibility index (Phi) is 4.31. The van der Waals surface area contributed by atoms with Crippen LogP contribution in [-0.2, 0) is 11.2 Å². The van der Waals surface area contributed by atoms with Gasteiger partial charge in [-0.15, -0.1) is 11.6 Å². The van der Waals surface area contributed by atoms with Crippen LogP contribution in [0.5, 0.6) is 11.5 Å². The molecule has 4 nitrogen and oxygen atoms in total. The van der Waals surface area contributed by atoms with Crippen molar-refractivity contribution in [1.29, 1.82) is 0 Å². The van der Waals surface area contributed by atoms with Crippen LogP contribution in [0.15, 0.2) is 18.2 Å². The molecule has 1 aliphatic rings. The van der Waals surface area contributed by atoms with E-state index >= 15 is 0 Å². The third kappa shape index (κ3) is 3.29. The van der Waals surface area contributed by atoms with Crippen molar-refractivity contribution >= 4 is 17.5 Å². The summed E-state index contributed by atoms with van der Waals surface area (Å²) in [7, 11) is 0. The molecule has 2 rings (SSSR count). The largest absolute Gasteiger partial charge is 0.486 e. The molecule has 0 saturated carbocycles. The first-order valence-corrected chi connectivity index (χ1v) is 6.41. The molecule has 0 aliphatic carbocycles. The Morgan fingerprint density at radius 1 is 1.39 bits per heavy atom. The van der Waals surface area contributed by atoms with Gasteiger partial charge in [-0.2, -0.15) is 0 Å². The topological polar surface area (TPSA) is 47.6 Å². The zero-order valence-electron chi connectivity index (χ0n) is 10.2. The number of carbonyl (C=O) groups is 1. The van der Waals surface area contributed by atoms with Crippen LogP contribution in [0.4, 0.5) is 0 Å².